The van der Waals surface area contributed by atoms with Crippen LogP contribution in [0.25, 0.3) is 0 Å². The van der Waals surface area contributed by atoms with E-state index in [-0.39, 0.29) is 17.5 Å². The van der Waals surface area contributed by atoms with Crippen molar-refractivity contribution in [2.24, 2.45) is 0 Å². The fourth-order valence-corrected chi connectivity index (χ4v) is 2.84. The molecule has 2 N–H and O–H groups in total. The zero-order valence-corrected chi connectivity index (χ0v) is 14.7. The molecule has 0 aromatic heterocycles. The van der Waals surface area contributed by atoms with Gasteiger partial charge in [-0.1, -0.05) is 0 Å². The molecular weight excluding hydrogens is 368 g/mol. The molecular formula is C15H17BrN2O5. The second-order valence-electron chi connectivity index (χ2n) is 4.99. The smallest absolute Gasteiger partial charge is 0.337 e. The van der Waals surface area contributed by atoms with Gasteiger partial charge < -0.3 is 24.8 Å². The van der Waals surface area contributed by atoms with Gasteiger partial charge in [-0.2, -0.15) is 0 Å². The summed E-state index contributed by atoms with van der Waals surface area (Å²) in [5.41, 5.74) is 1.38. The standard InChI is InChI=1S/C15H17BrN2O5/c1-7-11(14(20)23-4)12(17-15(21)18(7)2)8-5-9(16)13(19)10(6-8)22-3/h5-6,12,19H,1-4H3,(H,17,21). The van der Waals surface area contributed by atoms with E-state index in [4.69, 9.17) is 9.47 Å². The highest BCUT2D eigenvalue weighted by Crippen LogP contribution is 2.39. The van der Waals surface area contributed by atoms with Gasteiger partial charge in [-0.3, -0.25) is 0 Å². The first kappa shape index (κ1) is 17.1. The monoisotopic (exact) mass is 384 g/mol. The van der Waals surface area contributed by atoms with Crippen LogP contribution in [0.2, 0.25) is 0 Å². The first-order valence-corrected chi connectivity index (χ1v) is 7.50. The molecule has 0 spiro atoms. The lowest BCUT2D eigenvalue weighted by molar-refractivity contribution is -0.136. The predicted molar refractivity (Wildman–Crippen MR) is 86.1 cm³/mol. The molecule has 7 nitrogen and oxygen atoms in total. The van der Waals surface area contributed by atoms with E-state index >= 15 is 0 Å². The van der Waals surface area contributed by atoms with Gasteiger partial charge in [-0.25, -0.2) is 9.59 Å². The van der Waals surface area contributed by atoms with Gasteiger partial charge in [0, 0.05) is 12.7 Å². The van der Waals surface area contributed by atoms with Crippen LogP contribution < -0.4 is 10.1 Å². The Kier molecular flexibility index (Phi) is 4.84. The van der Waals surface area contributed by atoms with Gasteiger partial charge in [0.25, 0.3) is 0 Å². The zero-order chi connectivity index (χ0) is 17.3. The highest BCUT2D eigenvalue weighted by atomic mass is 79.9. The molecule has 0 radical (unpaired) electrons. The number of hydrogen-bond donors (Lipinski definition) is 2. The number of benzene rings is 1. The highest BCUT2D eigenvalue weighted by molar-refractivity contribution is 9.10. The number of allylic oxidation sites excluding steroid dienone is 1. The van der Waals surface area contributed by atoms with Crippen LogP contribution in [0.15, 0.2) is 27.9 Å². The maximum Gasteiger partial charge on any atom is 0.337 e. The summed E-state index contributed by atoms with van der Waals surface area (Å²) in [6, 6.07) is 2.12. The summed E-state index contributed by atoms with van der Waals surface area (Å²) in [4.78, 5) is 25.6. The minimum Gasteiger partial charge on any atom is -0.503 e. The SMILES string of the molecule is COC(=O)C1=C(C)N(C)C(=O)NC1c1cc(Br)c(O)c(OC)c1. The predicted octanol–water partition coefficient (Wildman–Crippen LogP) is 2.31. The molecule has 1 atom stereocenters. The molecule has 0 fully saturated rings. The molecule has 0 saturated carbocycles. The van der Waals surface area contributed by atoms with Crippen molar-refractivity contribution in [1.82, 2.24) is 10.2 Å². The van der Waals surface area contributed by atoms with Gasteiger partial charge in [0.1, 0.15) is 0 Å². The normalized spacial score (nSPS) is 17.9. The van der Waals surface area contributed by atoms with Crippen LogP contribution in [0.3, 0.4) is 0 Å². The fourth-order valence-electron chi connectivity index (χ4n) is 2.38. The molecule has 1 aliphatic heterocycles. The number of nitrogens with one attached hydrogen (secondary N) is 1. The van der Waals surface area contributed by atoms with Gasteiger partial charge in [-0.15, -0.1) is 0 Å². The van der Waals surface area contributed by atoms with Crippen LogP contribution in [0.1, 0.15) is 18.5 Å². The number of nitrogens with zero attached hydrogens (tertiary/aromatic N) is 1. The van der Waals surface area contributed by atoms with E-state index in [1.54, 1.807) is 26.1 Å². The van der Waals surface area contributed by atoms with Gasteiger partial charge in [0.05, 0.1) is 30.3 Å². The Labute approximate surface area is 142 Å². The van der Waals surface area contributed by atoms with Crippen LogP contribution in [0.5, 0.6) is 11.5 Å². The number of halogens is 1. The van der Waals surface area contributed by atoms with Gasteiger partial charge in [0.15, 0.2) is 11.5 Å². The Morgan fingerprint density at radius 2 is 2.04 bits per heavy atom. The molecule has 0 saturated heterocycles. The van der Waals surface area contributed by atoms with Crippen molar-refractivity contribution >= 4 is 27.9 Å². The summed E-state index contributed by atoms with van der Waals surface area (Å²) >= 11 is 3.24. The van der Waals surface area contributed by atoms with Crippen molar-refractivity contribution < 1.29 is 24.2 Å². The van der Waals surface area contributed by atoms with Crippen LogP contribution in [0.4, 0.5) is 4.79 Å². The van der Waals surface area contributed by atoms with Crippen molar-refractivity contribution in [3.05, 3.63) is 33.4 Å². The van der Waals surface area contributed by atoms with Crippen molar-refractivity contribution in [1.29, 1.82) is 0 Å². The Morgan fingerprint density at radius 1 is 1.39 bits per heavy atom. The maximum absolute atomic E-state index is 12.2. The van der Waals surface area contributed by atoms with E-state index in [1.165, 1.54) is 19.1 Å². The third-order valence-electron chi connectivity index (χ3n) is 3.76. The summed E-state index contributed by atoms with van der Waals surface area (Å²) in [6.45, 7) is 1.67. The molecule has 2 rings (SSSR count). The Morgan fingerprint density at radius 3 is 2.61 bits per heavy atom. The molecule has 23 heavy (non-hydrogen) atoms. The second-order valence-corrected chi connectivity index (χ2v) is 5.84. The van der Waals surface area contributed by atoms with E-state index in [2.05, 4.69) is 21.2 Å². The summed E-state index contributed by atoms with van der Waals surface area (Å²) in [5, 5.41) is 12.7. The number of carbonyl (C=O) groups is 2. The molecule has 1 unspecified atom stereocenters. The van der Waals surface area contributed by atoms with Crippen molar-refractivity contribution in [2.45, 2.75) is 13.0 Å². The summed E-state index contributed by atoms with van der Waals surface area (Å²) in [7, 11) is 4.27. The third kappa shape index (κ3) is 2.98. The molecule has 1 aromatic carbocycles. The topological polar surface area (TPSA) is 88.1 Å². The third-order valence-corrected chi connectivity index (χ3v) is 4.37. The summed E-state index contributed by atoms with van der Waals surface area (Å²) in [5.74, 6) is -0.372. The van der Waals surface area contributed by atoms with Crippen LogP contribution in [-0.2, 0) is 9.53 Å². The number of rotatable bonds is 3. The average Bonchev–Trinajstić information content (AvgIpc) is 2.54. The van der Waals surface area contributed by atoms with E-state index in [9.17, 15) is 14.7 Å². The van der Waals surface area contributed by atoms with Crippen LogP contribution in [0, 0.1) is 0 Å². The molecule has 2 amide bonds. The van der Waals surface area contributed by atoms with Crippen molar-refractivity contribution in [2.75, 3.05) is 21.3 Å². The van der Waals surface area contributed by atoms with Crippen molar-refractivity contribution in [3.63, 3.8) is 0 Å². The number of carbonyl (C=O) groups excluding carboxylic acids is 2. The molecule has 1 aromatic rings. The lowest BCUT2D eigenvalue weighted by Crippen LogP contribution is -2.46. The molecule has 124 valence electrons. The second kappa shape index (κ2) is 6.49. The lowest BCUT2D eigenvalue weighted by atomic mass is 9.94. The molecule has 1 heterocycles. The quantitative estimate of drug-likeness (QED) is 0.780. The van der Waals surface area contributed by atoms with Crippen LogP contribution in [-0.4, -0.2) is 43.3 Å². The van der Waals surface area contributed by atoms with E-state index < -0.39 is 12.0 Å². The number of phenolic OH excluding ortho intramolecular Hbond substituents is 1. The molecule has 0 aliphatic carbocycles. The van der Waals surface area contributed by atoms with E-state index in [0.717, 1.165) is 0 Å². The number of amides is 2. The Balaban J connectivity index is 2.62. The van der Waals surface area contributed by atoms with Gasteiger partial charge in [0.2, 0.25) is 0 Å². The highest BCUT2D eigenvalue weighted by Gasteiger charge is 2.35. The number of hydrogen-bond acceptors (Lipinski definition) is 5. The zero-order valence-electron chi connectivity index (χ0n) is 13.1. The van der Waals surface area contributed by atoms with Gasteiger partial charge in [-0.05, 0) is 40.5 Å². The molecule has 0 bridgehead atoms. The number of esters is 1. The lowest BCUT2D eigenvalue weighted by Gasteiger charge is -2.33. The minimum absolute atomic E-state index is 0.0594. The minimum atomic E-state index is -0.711. The van der Waals surface area contributed by atoms with Gasteiger partial charge >= 0.3 is 12.0 Å². The number of ether oxygens (including phenoxy) is 2. The first-order valence-electron chi connectivity index (χ1n) is 6.71. The number of phenols is 1. The average molecular weight is 385 g/mol. The fraction of sp³-hybridized carbons (Fsp3) is 0.333. The summed E-state index contributed by atoms with van der Waals surface area (Å²) in [6.07, 6.45) is 0. The van der Waals surface area contributed by atoms with Crippen LogP contribution >= 0.6 is 15.9 Å². The Hall–Kier alpha value is -2.22. The first-order chi connectivity index (χ1) is 10.8. The van der Waals surface area contributed by atoms with Crippen molar-refractivity contribution in [3.8, 4) is 11.5 Å². The number of aromatic hydroxyl groups is 1. The number of urea groups is 1. The Bertz CT molecular complexity index is 701. The van der Waals surface area contributed by atoms with E-state index in [0.29, 0.717) is 21.3 Å². The molecule has 1 aliphatic rings. The molecule has 8 heteroatoms. The van der Waals surface area contributed by atoms with E-state index in [1.807, 2.05) is 0 Å². The maximum atomic E-state index is 12.2. The summed E-state index contributed by atoms with van der Waals surface area (Å²) < 4.78 is 10.3. The largest absolute Gasteiger partial charge is 0.503 e. The number of methoxy groups -OCH3 is 2.